The van der Waals surface area contributed by atoms with Gasteiger partial charge in [-0.1, -0.05) is 20.3 Å². The van der Waals surface area contributed by atoms with E-state index in [0.29, 0.717) is 0 Å². The molecule has 0 aromatic rings. The summed E-state index contributed by atoms with van der Waals surface area (Å²) in [6.45, 7) is 10.8. The summed E-state index contributed by atoms with van der Waals surface area (Å²) in [5.41, 5.74) is 0. The van der Waals surface area contributed by atoms with Crippen LogP contribution < -0.4 is 10.6 Å². The Kier molecular flexibility index (Phi) is 7.82. The highest BCUT2D eigenvalue weighted by molar-refractivity contribution is 4.75. The standard InChI is InChI=1S/C14H31N3.2H2/c1-4-13(2)12-16-8-5-9-17-10-6-14(15-3)7-11-17;;/h13-16H,4-12H2,1-3H3;2*1H. The Bertz CT molecular complexity index is 186. The number of nitrogens with zero attached hydrogens (tertiary/aromatic N) is 1. The van der Waals surface area contributed by atoms with Crippen LogP contribution >= 0.6 is 0 Å². The average Bonchev–Trinajstić information content (AvgIpc) is 2.38. The van der Waals surface area contributed by atoms with Gasteiger partial charge in [-0.3, -0.25) is 0 Å². The average molecular weight is 245 g/mol. The second-order valence-electron chi connectivity index (χ2n) is 5.48. The summed E-state index contributed by atoms with van der Waals surface area (Å²) in [6, 6.07) is 0.759. The molecule has 0 saturated carbocycles. The van der Waals surface area contributed by atoms with Crippen molar-refractivity contribution in [2.75, 3.05) is 39.8 Å². The van der Waals surface area contributed by atoms with Crippen LogP contribution in [-0.2, 0) is 0 Å². The SMILES string of the molecule is CCC(C)CNCCCN1CCC(NC)CC1.[HH].[HH]. The first-order valence-electron chi connectivity index (χ1n) is 7.36. The zero-order valence-corrected chi connectivity index (χ0v) is 12.0. The first-order valence-corrected chi connectivity index (χ1v) is 7.36. The van der Waals surface area contributed by atoms with Crippen LogP contribution in [0.5, 0.6) is 0 Å². The summed E-state index contributed by atoms with van der Waals surface area (Å²) >= 11 is 0. The molecule has 3 nitrogen and oxygen atoms in total. The van der Waals surface area contributed by atoms with E-state index in [9.17, 15) is 0 Å². The third-order valence-electron chi connectivity index (χ3n) is 4.01. The molecule has 106 valence electrons. The summed E-state index contributed by atoms with van der Waals surface area (Å²) in [7, 11) is 2.08. The lowest BCUT2D eigenvalue weighted by molar-refractivity contribution is 0.199. The molecule has 1 atom stereocenters. The first kappa shape index (κ1) is 14.9. The van der Waals surface area contributed by atoms with Gasteiger partial charge in [0, 0.05) is 8.90 Å². The fourth-order valence-electron chi connectivity index (χ4n) is 2.37. The smallest absolute Gasteiger partial charge is 0.00884 e. The van der Waals surface area contributed by atoms with Gasteiger partial charge in [-0.2, -0.15) is 0 Å². The summed E-state index contributed by atoms with van der Waals surface area (Å²) in [4.78, 5) is 2.61. The highest BCUT2D eigenvalue weighted by atomic mass is 15.1. The topological polar surface area (TPSA) is 27.3 Å². The second kappa shape index (κ2) is 8.90. The van der Waals surface area contributed by atoms with Crippen molar-refractivity contribution in [1.82, 2.24) is 15.5 Å². The number of piperidine rings is 1. The predicted molar refractivity (Wildman–Crippen MR) is 79.7 cm³/mol. The molecule has 0 aliphatic carbocycles. The normalized spacial score (nSPS) is 20.6. The molecule has 0 spiro atoms. The van der Waals surface area contributed by atoms with E-state index < -0.39 is 0 Å². The van der Waals surface area contributed by atoms with Crippen molar-refractivity contribution in [3.8, 4) is 0 Å². The van der Waals surface area contributed by atoms with E-state index in [4.69, 9.17) is 0 Å². The van der Waals surface area contributed by atoms with Crippen molar-refractivity contribution in [3.05, 3.63) is 0 Å². The van der Waals surface area contributed by atoms with Gasteiger partial charge in [0.2, 0.25) is 0 Å². The molecule has 0 radical (unpaired) electrons. The lowest BCUT2D eigenvalue weighted by Gasteiger charge is -2.31. The number of hydrogen-bond donors (Lipinski definition) is 2. The van der Waals surface area contributed by atoms with E-state index in [-0.39, 0.29) is 2.85 Å². The highest BCUT2D eigenvalue weighted by Crippen LogP contribution is 2.09. The van der Waals surface area contributed by atoms with Gasteiger partial charge in [0.15, 0.2) is 0 Å². The maximum atomic E-state index is 3.56. The minimum Gasteiger partial charge on any atom is -0.317 e. The van der Waals surface area contributed by atoms with Gasteiger partial charge in [-0.25, -0.2) is 0 Å². The molecule has 0 bridgehead atoms. The summed E-state index contributed by atoms with van der Waals surface area (Å²) in [5, 5.41) is 6.94. The zero-order valence-electron chi connectivity index (χ0n) is 12.0. The minimum absolute atomic E-state index is 0. The van der Waals surface area contributed by atoms with Crippen molar-refractivity contribution in [2.45, 2.75) is 45.6 Å². The quantitative estimate of drug-likeness (QED) is 0.642. The van der Waals surface area contributed by atoms with Crippen LogP contribution in [0.3, 0.4) is 0 Å². The van der Waals surface area contributed by atoms with Crippen LogP contribution in [0.4, 0.5) is 0 Å². The molecular weight excluding hydrogens is 210 g/mol. The lowest BCUT2D eigenvalue weighted by Crippen LogP contribution is -2.42. The molecule has 3 heteroatoms. The number of likely N-dealkylation sites (tertiary alicyclic amines) is 1. The van der Waals surface area contributed by atoms with E-state index >= 15 is 0 Å². The summed E-state index contributed by atoms with van der Waals surface area (Å²) in [5.74, 6) is 0.821. The van der Waals surface area contributed by atoms with E-state index in [0.717, 1.165) is 12.0 Å². The Morgan fingerprint density at radius 1 is 1.35 bits per heavy atom. The van der Waals surface area contributed by atoms with E-state index in [1.165, 1.54) is 58.4 Å². The van der Waals surface area contributed by atoms with E-state index in [2.05, 4.69) is 36.4 Å². The third-order valence-corrected chi connectivity index (χ3v) is 4.01. The zero-order chi connectivity index (χ0) is 12.5. The molecule has 1 rings (SSSR count). The molecule has 2 N–H and O–H groups in total. The Hall–Kier alpha value is -0.120. The molecule has 1 fully saturated rings. The maximum Gasteiger partial charge on any atom is 0.00884 e. The molecule has 1 aliphatic heterocycles. The van der Waals surface area contributed by atoms with Crippen molar-refractivity contribution in [1.29, 1.82) is 0 Å². The number of hydrogen-bond acceptors (Lipinski definition) is 3. The van der Waals surface area contributed by atoms with Crippen LogP contribution in [0.1, 0.15) is 42.4 Å². The van der Waals surface area contributed by atoms with Crippen molar-refractivity contribution < 1.29 is 2.85 Å². The highest BCUT2D eigenvalue weighted by Gasteiger charge is 2.16. The fraction of sp³-hybridized carbons (Fsp3) is 1.00. The Balaban J connectivity index is 0. The van der Waals surface area contributed by atoms with E-state index in [1.54, 1.807) is 0 Å². The van der Waals surface area contributed by atoms with Crippen molar-refractivity contribution >= 4 is 0 Å². The molecule has 1 unspecified atom stereocenters. The van der Waals surface area contributed by atoms with Gasteiger partial charge >= 0.3 is 0 Å². The monoisotopic (exact) mass is 245 g/mol. The number of rotatable bonds is 8. The predicted octanol–water partition coefficient (Wildman–Crippen LogP) is 2.19. The van der Waals surface area contributed by atoms with Crippen LogP contribution in [0.15, 0.2) is 0 Å². The van der Waals surface area contributed by atoms with Crippen LogP contribution in [-0.4, -0.2) is 50.7 Å². The van der Waals surface area contributed by atoms with Crippen LogP contribution in [0, 0.1) is 5.92 Å². The summed E-state index contributed by atoms with van der Waals surface area (Å²) < 4.78 is 0. The third kappa shape index (κ3) is 6.39. The fourth-order valence-corrected chi connectivity index (χ4v) is 2.37. The largest absolute Gasteiger partial charge is 0.317 e. The van der Waals surface area contributed by atoms with Gasteiger partial charge < -0.3 is 15.5 Å². The van der Waals surface area contributed by atoms with Crippen molar-refractivity contribution in [3.63, 3.8) is 0 Å². The maximum absolute atomic E-state index is 3.56. The Morgan fingerprint density at radius 2 is 2.06 bits per heavy atom. The molecule has 1 heterocycles. The van der Waals surface area contributed by atoms with Gasteiger partial charge in [0.1, 0.15) is 0 Å². The minimum atomic E-state index is 0. The molecule has 0 aromatic heterocycles. The molecule has 0 aromatic carbocycles. The molecule has 0 amide bonds. The Labute approximate surface area is 110 Å². The summed E-state index contributed by atoms with van der Waals surface area (Å²) in [6.07, 6.45) is 5.21. The van der Waals surface area contributed by atoms with Gasteiger partial charge in [-0.05, 0) is 65.0 Å². The van der Waals surface area contributed by atoms with Gasteiger partial charge in [-0.15, -0.1) is 0 Å². The van der Waals surface area contributed by atoms with Gasteiger partial charge in [0.25, 0.3) is 0 Å². The van der Waals surface area contributed by atoms with E-state index in [1.807, 2.05) is 0 Å². The molecule has 17 heavy (non-hydrogen) atoms. The van der Waals surface area contributed by atoms with Crippen LogP contribution in [0.2, 0.25) is 0 Å². The van der Waals surface area contributed by atoms with Crippen molar-refractivity contribution in [2.24, 2.45) is 5.92 Å². The molecule has 1 aliphatic rings. The molecule has 1 saturated heterocycles. The number of nitrogens with one attached hydrogen (secondary N) is 2. The van der Waals surface area contributed by atoms with Gasteiger partial charge in [0.05, 0.1) is 0 Å². The van der Waals surface area contributed by atoms with Crippen LogP contribution in [0.25, 0.3) is 0 Å². The lowest BCUT2D eigenvalue weighted by atomic mass is 10.1. The second-order valence-corrected chi connectivity index (χ2v) is 5.48. The first-order chi connectivity index (χ1) is 8.26. The Morgan fingerprint density at radius 3 is 2.65 bits per heavy atom. The molecular formula is C14H35N3.